The fraction of sp³-hybridized carbons (Fsp3) is 0.562. The highest BCUT2D eigenvalue weighted by Gasteiger charge is 2.57. The fourth-order valence-corrected chi connectivity index (χ4v) is 5.67. The van der Waals surface area contributed by atoms with Gasteiger partial charge in [0.05, 0.1) is 5.41 Å². The average molecular weight is 746 g/mol. The minimum atomic E-state index is -5.92. The molecule has 1 atom stereocenters. The van der Waals surface area contributed by atoms with Crippen molar-refractivity contribution < 1.29 is 63.6 Å². The lowest BCUT2D eigenvalue weighted by molar-refractivity contribution is -0.574. The van der Waals surface area contributed by atoms with Gasteiger partial charge in [0.1, 0.15) is 5.75 Å². The van der Waals surface area contributed by atoms with Crippen LogP contribution >= 0.6 is 11.3 Å². The van der Waals surface area contributed by atoms with Gasteiger partial charge in [-0.2, -0.15) is 17.6 Å². The molecule has 0 saturated carbocycles. The molecular weight excluding hydrogens is 706 g/mol. The number of nitrogens with two attached hydrogens (primary N) is 2. The van der Waals surface area contributed by atoms with Crippen LogP contribution in [0, 0.1) is 5.41 Å². The summed E-state index contributed by atoms with van der Waals surface area (Å²) >= 11 is 1.30. The number of alkyl halides is 8. The van der Waals surface area contributed by atoms with E-state index in [2.05, 4.69) is 23.9 Å². The van der Waals surface area contributed by atoms with E-state index in [1.165, 1.54) is 43.4 Å². The van der Waals surface area contributed by atoms with Gasteiger partial charge in [0.2, 0.25) is 0 Å². The summed E-state index contributed by atoms with van der Waals surface area (Å²) in [5.41, 5.74) is 11.9. The van der Waals surface area contributed by atoms with Crippen LogP contribution in [0.25, 0.3) is 20.5 Å². The Bertz CT molecular complexity index is 1630. The van der Waals surface area contributed by atoms with E-state index in [9.17, 15) is 39.9 Å². The minimum absolute atomic E-state index is 0.0237. The van der Waals surface area contributed by atoms with Crippen molar-refractivity contribution in [2.24, 2.45) is 16.9 Å². The maximum atomic E-state index is 14.3. The number of esters is 1. The molecule has 0 aliphatic carbocycles. The number of halogens is 8. The standard InChI is InChI=1S/C32H39F8N3O6S/c1-7-19-10-12-21(22(8-2)43-19)24-13-18-9-11-20(14-23(18)50-24)45-16-29(33,34)47-31(37,38)49-32(39,40)48-30(35,36)17-46-26(44)28(5,6)25(41)15-27(3,4)42/h9-14,25H,7-8,15-17,41-42H2,1-6H3. The largest absolute Gasteiger partial charge is 0.496 e. The predicted molar refractivity (Wildman–Crippen MR) is 168 cm³/mol. The van der Waals surface area contributed by atoms with Gasteiger partial charge in [-0.05, 0) is 88.7 Å². The summed E-state index contributed by atoms with van der Waals surface area (Å²) in [4.78, 5) is 17.8. The Morgan fingerprint density at radius 3 is 2.00 bits per heavy atom. The smallest absolute Gasteiger partial charge is 0.484 e. The first-order valence-electron chi connectivity index (χ1n) is 15.3. The van der Waals surface area contributed by atoms with Gasteiger partial charge >= 0.3 is 30.8 Å². The number of thiophene rings is 1. The Balaban J connectivity index is 1.59. The molecule has 2 heterocycles. The molecule has 0 spiro atoms. The number of carbonyl (C=O) groups is 1. The highest BCUT2D eigenvalue weighted by molar-refractivity contribution is 7.22. The van der Waals surface area contributed by atoms with E-state index >= 15 is 0 Å². The molecule has 280 valence electrons. The SMILES string of the molecule is CCc1ccc(-c2cc3ccc(OCC(F)(F)OC(F)(F)OC(F)(F)OC(F)(F)COC(=O)C(C)(C)C(N)CC(C)(C)N)cc3s2)c(CC)n1. The topological polar surface area (TPSA) is 128 Å². The van der Waals surface area contributed by atoms with Crippen molar-refractivity contribution in [3.05, 3.63) is 47.8 Å². The predicted octanol–water partition coefficient (Wildman–Crippen LogP) is 7.83. The number of hydrogen-bond acceptors (Lipinski definition) is 10. The molecular formula is C32H39F8N3O6S. The van der Waals surface area contributed by atoms with Crippen molar-refractivity contribution in [1.29, 1.82) is 0 Å². The normalized spacial score (nSPS) is 14.2. The number of aromatic nitrogens is 1. The molecule has 0 amide bonds. The zero-order valence-corrected chi connectivity index (χ0v) is 28.9. The number of fused-ring (bicyclic) bond motifs is 1. The maximum absolute atomic E-state index is 14.3. The number of nitrogens with zero attached hydrogens (tertiary/aromatic N) is 1. The molecule has 0 bridgehead atoms. The van der Waals surface area contributed by atoms with Crippen LogP contribution in [-0.2, 0) is 36.6 Å². The van der Waals surface area contributed by atoms with Crippen molar-refractivity contribution in [2.75, 3.05) is 13.2 Å². The van der Waals surface area contributed by atoms with Gasteiger partial charge in [-0.15, -0.1) is 28.9 Å². The molecule has 0 fully saturated rings. The van der Waals surface area contributed by atoms with Gasteiger partial charge in [0.25, 0.3) is 0 Å². The first kappa shape index (κ1) is 41.3. The number of aryl methyl sites for hydroxylation is 2. The third kappa shape index (κ3) is 11.7. The highest BCUT2D eigenvalue weighted by atomic mass is 32.1. The third-order valence-corrected chi connectivity index (χ3v) is 8.37. The van der Waals surface area contributed by atoms with Gasteiger partial charge < -0.3 is 20.9 Å². The number of ether oxygens (including phenoxy) is 5. The van der Waals surface area contributed by atoms with Gasteiger partial charge in [0, 0.05) is 38.1 Å². The summed E-state index contributed by atoms with van der Waals surface area (Å²) in [6, 6.07) is 8.82. The van der Waals surface area contributed by atoms with Gasteiger partial charge in [-0.3, -0.25) is 9.78 Å². The lowest BCUT2D eigenvalue weighted by Gasteiger charge is -2.34. The van der Waals surface area contributed by atoms with Crippen LogP contribution in [0.15, 0.2) is 36.4 Å². The van der Waals surface area contributed by atoms with E-state index in [4.69, 9.17) is 16.2 Å². The van der Waals surface area contributed by atoms with E-state index in [0.29, 0.717) is 11.1 Å². The summed E-state index contributed by atoms with van der Waals surface area (Å²) in [6.07, 6.45) is -20.5. The number of rotatable bonds is 18. The quantitative estimate of drug-likeness (QED) is 0.0761. The fourth-order valence-electron chi connectivity index (χ4n) is 4.53. The van der Waals surface area contributed by atoms with Crippen LogP contribution in [-0.4, -0.2) is 60.6 Å². The van der Waals surface area contributed by atoms with E-state index < -0.39 is 61.0 Å². The Morgan fingerprint density at radius 1 is 0.840 bits per heavy atom. The average Bonchev–Trinajstić information content (AvgIpc) is 3.39. The second-order valence-electron chi connectivity index (χ2n) is 12.7. The van der Waals surface area contributed by atoms with Crippen LogP contribution in [0.4, 0.5) is 35.1 Å². The molecule has 3 rings (SSSR count). The number of carbonyl (C=O) groups excluding carboxylic acids is 1. The van der Waals surface area contributed by atoms with Crippen molar-refractivity contribution in [2.45, 2.75) is 97.2 Å². The Kier molecular flexibility index (Phi) is 12.6. The van der Waals surface area contributed by atoms with Crippen molar-refractivity contribution >= 4 is 27.4 Å². The molecule has 0 radical (unpaired) electrons. The molecule has 4 N–H and O–H groups in total. The minimum Gasteiger partial charge on any atom is -0.484 e. The zero-order valence-electron chi connectivity index (χ0n) is 28.1. The molecule has 2 aromatic heterocycles. The van der Waals surface area contributed by atoms with Gasteiger partial charge in [-0.25, -0.2) is 14.2 Å². The maximum Gasteiger partial charge on any atom is 0.496 e. The Hall–Kier alpha value is -3.16. The van der Waals surface area contributed by atoms with Crippen LogP contribution in [0.1, 0.15) is 59.4 Å². The van der Waals surface area contributed by atoms with E-state index in [1.54, 1.807) is 13.8 Å². The van der Waals surface area contributed by atoms with Gasteiger partial charge in [0.15, 0.2) is 13.2 Å². The molecule has 0 aliphatic rings. The lowest BCUT2D eigenvalue weighted by atomic mass is 9.79. The monoisotopic (exact) mass is 745 g/mol. The van der Waals surface area contributed by atoms with Crippen LogP contribution in [0.3, 0.4) is 0 Å². The first-order chi connectivity index (χ1) is 22.8. The number of hydrogen-bond donors (Lipinski definition) is 2. The molecule has 9 nitrogen and oxygen atoms in total. The highest BCUT2D eigenvalue weighted by Crippen LogP contribution is 2.39. The Labute approximate surface area is 287 Å². The van der Waals surface area contributed by atoms with E-state index in [1.807, 2.05) is 32.0 Å². The van der Waals surface area contributed by atoms with Crippen molar-refractivity contribution in [1.82, 2.24) is 4.98 Å². The first-order valence-corrected chi connectivity index (χ1v) is 16.1. The second kappa shape index (κ2) is 15.2. The molecule has 0 saturated heterocycles. The summed E-state index contributed by atoms with van der Waals surface area (Å²) in [5, 5.41) is 0.721. The number of benzene rings is 1. The van der Waals surface area contributed by atoms with Crippen LogP contribution in [0.5, 0.6) is 5.75 Å². The molecule has 1 unspecified atom stereocenters. The van der Waals surface area contributed by atoms with E-state index in [-0.39, 0.29) is 12.2 Å². The molecule has 0 aliphatic heterocycles. The van der Waals surface area contributed by atoms with Crippen molar-refractivity contribution in [3.8, 4) is 16.2 Å². The number of pyridine rings is 1. The summed E-state index contributed by atoms with van der Waals surface area (Å²) in [7, 11) is 0. The molecule has 50 heavy (non-hydrogen) atoms. The van der Waals surface area contributed by atoms with Crippen molar-refractivity contribution in [3.63, 3.8) is 0 Å². The third-order valence-electron chi connectivity index (χ3n) is 7.24. The zero-order chi connectivity index (χ0) is 37.9. The van der Waals surface area contributed by atoms with Crippen LogP contribution in [0.2, 0.25) is 0 Å². The summed E-state index contributed by atoms with van der Waals surface area (Å²) in [6.45, 7) is 5.42. The summed E-state index contributed by atoms with van der Waals surface area (Å²) in [5.74, 6) is -1.58. The van der Waals surface area contributed by atoms with Crippen LogP contribution < -0.4 is 16.2 Å². The lowest BCUT2D eigenvalue weighted by Crippen LogP contribution is -2.51. The summed E-state index contributed by atoms with van der Waals surface area (Å²) < 4.78 is 131. The molecule has 1 aromatic carbocycles. The molecule has 3 aromatic rings. The Morgan fingerprint density at radius 2 is 1.44 bits per heavy atom. The van der Waals surface area contributed by atoms with E-state index in [0.717, 1.165) is 33.6 Å². The van der Waals surface area contributed by atoms with Gasteiger partial charge in [-0.1, -0.05) is 13.8 Å². The molecule has 18 heteroatoms. The second-order valence-corrected chi connectivity index (χ2v) is 13.8.